The molecule has 0 amide bonds. The number of nitro groups is 1. The second-order valence-corrected chi connectivity index (χ2v) is 3.91. The molecule has 0 fully saturated rings. The summed E-state index contributed by atoms with van der Waals surface area (Å²) in [7, 11) is 1.71. The maximum Gasteiger partial charge on any atom is 0.311 e. The average Bonchev–Trinajstić information content (AvgIpc) is 2.35. The van der Waals surface area contributed by atoms with E-state index < -0.39 is 28.6 Å². The van der Waals surface area contributed by atoms with Crippen LogP contribution < -0.4 is 5.32 Å². The number of nitrogens with one attached hydrogen (secondary N) is 1. The van der Waals surface area contributed by atoms with Crippen molar-refractivity contribution < 1.29 is 20.2 Å². The maximum absolute atomic E-state index is 10.6. The van der Waals surface area contributed by atoms with Crippen molar-refractivity contribution in [3.63, 3.8) is 0 Å². The molecule has 0 saturated heterocycles. The fraction of sp³-hybridized carbons (Fsp3) is 0.455. The van der Waals surface area contributed by atoms with Gasteiger partial charge in [0, 0.05) is 6.07 Å². The number of nitro benzene ring substituents is 1. The summed E-state index contributed by atoms with van der Waals surface area (Å²) in [6, 6.07) is 3.53. The van der Waals surface area contributed by atoms with Gasteiger partial charge in [-0.05, 0) is 31.6 Å². The van der Waals surface area contributed by atoms with Crippen LogP contribution in [0, 0.1) is 10.1 Å². The normalized spacial score (nSPS) is 14.2. The number of aliphatic hydroxyl groups excluding tert-OH is 2. The number of aromatic hydroxyl groups is 1. The van der Waals surface area contributed by atoms with Crippen LogP contribution in [0.1, 0.15) is 18.1 Å². The molecule has 0 spiro atoms. The SMILES string of the molecule is CNCCC(O)C(O)c1ccc(O)c([N+](=O)[O-])c1. The average molecular weight is 256 g/mol. The molecule has 0 aliphatic heterocycles. The highest BCUT2D eigenvalue weighted by Gasteiger charge is 2.22. The monoisotopic (exact) mass is 256 g/mol. The first-order chi connectivity index (χ1) is 8.47. The van der Waals surface area contributed by atoms with Gasteiger partial charge in [-0.1, -0.05) is 6.07 Å². The summed E-state index contributed by atoms with van der Waals surface area (Å²) in [6.45, 7) is 0.512. The molecular weight excluding hydrogens is 240 g/mol. The summed E-state index contributed by atoms with van der Waals surface area (Å²) in [4.78, 5) is 9.89. The minimum Gasteiger partial charge on any atom is -0.502 e. The quantitative estimate of drug-likeness (QED) is 0.430. The molecule has 100 valence electrons. The number of phenolic OH excluding ortho intramolecular Hbond substituents is 1. The molecule has 1 rings (SSSR count). The third-order valence-corrected chi connectivity index (χ3v) is 2.59. The second kappa shape index (κ2) is 6.29. The van der Waals surface area contributed by atoms with E-state index in [2.05, 4.69) is 5.32 Å². The van der Waals surface area contributed by atoms with Crippen molar-refractivity contribution in [1.29, 1.82) is 0 Å². The van der Waals surface area contributed by atoms with Gasteiger partial charge < -0.3 is 20.6 Å². The number of aliphatic hydroxyl groups is 2. The molecule has 7 nitrogen and oxygen atoms in total. The summed E-state index contributed by atoms with van der Waals surface area (Å²) in [5.74, 6) is -0.472. The van der Waals surface area contributed by atoms with Crippen molar-refractivity contribution in [3.05, 3.63) is 33.9 Å². The molecule has 7 heteroatoms. The standard InChI is InChI=1S/C11H16N2O5/c1-12-5-4-10(15)11(16)7-2-3-9(14)8(6-7)13(17)18/h2-3,6,10-12,14-16H,4-5H2,1H3. The van der Waals surface area contributed by atoms with E-state index in [1.54, 1.807) is 7.05 Å². The minimum absolute atomic E-state index is 0.197. The molecule has 2 unspecified atom stereocenters. The molecule has 2 atom stereocenters. The summed E-state index contributed by atoms with van der Waals surface area (Å²) in [5, 5.41) is 42.2. The van der Waals surface area contributed by atoms with Gasteiger partial charge in [0.25, 0.3) is 0 Å². The molecule has 18 heavy (non-hydrogen) atoms. The fourth-order valence-corrected chi connectivity index (χ4v) is 1.54. The van der Waals surface area contributed by atoms with Crippen LogP contribution in [0.5, 0.6) is 5.75 Å². The van der Waals surface area contributed by atoms with Crippen molar-refractivity contribution in [2.24, 2.45) is 0 Å². The van der Waals surface area contributed by atoms with Gasteiger partial charge in [-0.15, -0.1) is 0 Å². The maximum atomic E-state index is 10.6. The van der Waals surface area contributed by atoms with Crippen LogP contribution in [-0.2, 0) is 0 Å². The van der Waals surface area contributed by atoms with Gasteiger partial charge in [-0.25, -0.2) is 0 Å². The lowest BCUT2D eigenvalue weighted by Gasteiger charge is -2.17. The van der Waals surface area contributed by atoms with Crippen LogP contribution in [0.15, 0.2) is 18.2 Å². The van der Waals surface area contributed by atoms with Crippen molar-refractivity contribution in [3.8, 4) is 5.75 Å². The minimum atomic E-state index is -1.22. The van der Waals surface area contributed by atoms with Crippen LogP contribution in [0.25, 0.3) is 0 Å². The lowest BCUT2D eigenvalue weighted by molar-refractivity contribution is -0.386. The van der Waals surface area contributed by atoms with Gasteiger partial charge in [-0.3, -0.25) is 10.1 Å². The van der Waals surface area contributed by atoms with E-state index in [9.17, 15) is 25.4 Å². The van der Waals surface area contributed by atoms with E-state index in [0.717, 1.165) is 12.1 Å². The summed E-state index contributed by atoms with van der Waals surface area (Å²) >= 11 is 0. The zero-order valence-corrected chi connectivity index (χ0v) is 9.91. The molecule has 0 saturated carbocycles. The van der Waals surface area contributed by atoms with E-state index in [1.165, 1.54) is 6.07 Å². The number of rotatable bonds is 6. The molecule has 0 aliphatic carbocycles. The lowest BCUT2D eigenvalue weighted by Crippen LogP contribution is -2.23. The Morgan fingerprint density at radius 2 is 2.11 bits per heavy atom. The Morgan fingerprint density at radius 3 is 2.67 bits per heavy atom. The van der Waals surface area contributed by atoms with Crippen LogP contribution in [-0.4, -0.2) is 39.9 Å². The molecular formula is C11H16N2O5. The number of hydrogen-bond acceptors (Lipinski definition) is 6. The Kier molecular flexibility index (Phi) is 5.02. The smallest absolute Gasteiger partial charge is 0.311 e. The van der Waals surface area contributed by atoms with E-state index in [4.69, 9.17) is 0 Å². The predicted molar refractivity (Wildman–Crippen MR) is 64.3 cm³/mol. The van der Waals surface area contributed by atoms with Crippen molar-refractivity contribution >= 4 is 5.69 Å². The Balaban J connectivity index is 2.89. The van der Waals surface area contributed by atoms with Gasteiger partial charge in [0.1, 0.15) is 6.10 Å². The highest BCUT2D eigenvalue weighted by Crippen LogP contribution is 2.30. The predicted octanol–water partition coefficient (Wildman–Crippen LogP) is 0.304. The molecule has 0 heterocycles. The Bertz CT molecular complexity index is 424. The summed E-state index contributed by atoms with van der Waals surface area (Å²) in [6.07, 6.45) is -1.94. The number of benzene rings is 1. The Morgan fingerprint density at radius 1 is 1.44 bits per heavy atom. The first-order valence-electron chi connectivity index (χ1n) is 5.45. The first kappa shape index (κ1) is 14.4. The molecule has 0 aliphatic rings. The summed E-state index contributed by atoms with van der Waals surface area (Å²) in [5.41, 5.74) is -0.296. The van der Waals surface area contributed by atoms with Gasteiger partial charge in [-0.2, -0.15) is 0 Å². The molecule has 1 aromatic carbocycles. The molecule has 0 bridgehead atoms. The largest absolute Gasteiger partial charge is 0.502 e. The van der Waals surface area contributed by atoms with Crippen molar-refractivity contribution in [1.82, 2.24) is 5.32 Å². The van der Waals surface area contributed by atoms with Crippen LogP contribution in [0.3, 0.4) is 0 Å². The van der Waals surface area contributed by atoms with Gasteiger partial charge in [0.2, 0.25) is 0 Å². The first-order valence-corrected chi connectivity index (χ1v) is 5.45. The van der Waals surface area contributed by atoms with E-state index in [-0.39, 0.29) is 5.56 Å². The molecule has 1 aromatic rings. The van der Waals surface area contributed by atoms with E-state index >= 15 is 0 Å². The fourth-order valence-electron chi connectivity index (χ4n) is 1.54. The third kappa shape index (κ3) is 3.39. The van der Waals surface area contributed by atoms with Gasteiger partial charge in [0.05, 0.1) is 11.0 Å². The highest BCUT2D eigenvalue weighted by molar-refractivity contribution is 5.48. The van der Waals surface area contributed by atoms with Gasteiger partial charge in [0.15, 0.2) is 5.75 Å². The van der Waals surface area contributed by atoms with Crippen molar-refractivity contribution in [2.45, 2.75) is 18.6 Å². The zero-order valence-electron chi connectivity index (χ0n) is 9.91. The second-order valence-electron chi connectivity index (χ2n) is 3.91. The van der Waals surface area contributed by atoms with E-state index in [0.29, 0.717) is 13.0 Å². The molecule has 0 aromatic heterocycles. The lowest BCUT2D eigenvalue weighted by atomic mass is 10.0. The molecule has 0 radical (unpaired) electrons. The number of nitrogens with zero attached hydrogens (tertiary/aromatic N) is 1. The zero-order chi connectivity index (χ0) is 13.7. The van der Waals surface area contributed by atoms with Crippen molar-refractivity contribution in [2.75, 3.05) is 13.6 Å². The van der Waals surface area contributed by atoms with Crippen LogP contribution >= 0.6 is 0 Å². The number of phenols is 1. The van der Waals surface area contributed by atoms with Crippen LogP contribution in [0.2, 0.25) is 0 Å². The van der Waals surface area contributed by atoms with Gasteiger partial charge >= 0.3 is 5.69 Å². The van der Waals surface area contributed by atoms with E-state index in [1.807, 2.05) is 0 Å². The highest BCUT2D eigenvalue weighted by atomic mass is 16.6. The topological polar surface area (TPSA) is 116 Å². The summed E-state index contributed by atoms with van der Waals surface area (Å²) < 4.78 is 0. The molecule has 4 N–H and O–H groups in total. The third-order valence-electron chi connectivity index (χ3n) is 2.59. The Labute approximate surface area is 104 Å². The Hall–Kier alpha value is -1.70. The number of hydrogen-bond donors (Lipinski definition) is 4. The van der Waals surface area contributed by atoms with Crippen LogP contribution in [0.4, 0.5) is 5.69 Å².